The van der Waals surface area contributed by atoms with Crippen molar-refractivity contribution in [2.24, 2.45) is 5.92 Å². The van der Waals surface area contributed by atoms with Crippen LogP contribution in [-0.2, 0) is 14.4 Å². The molecule has 0 radical (unpaired) electrons. The van der Waals surface area contributed by atoms with Crippen LogP contribution >= 0.6 is 12.6 Å². The van der Waals surface area contributed by atoms with Gasteiger partial charge in [0.15, 0.2) is 0 Å². The second-order valence-electron chi connectivity index (χ2n) is 7.56. The lowest BCUT2D eigenvalue weighted by molar-refractivity contribution is -0.151. The molecule has 1 saturated carbocycles. The second kappa shape index (κ2) is 7.98. The molecule has 3 atom stereocenters. The molecular weight excluding hydrogens is 340 g/mol. The first kappa shape index (κ1) is 18.5. The lowest BCUT2D eigenvalue weighted by Crippen LogP contribution is -2.52. The summed E-state index contributed by atoms with van der Waals surface area (Å²) in [5.41, 5.74) is 0. The number of likely N-dealkylation sites (tertiary alicyclic amines) is 2. The molecule has 25 heavy (non-hydrogen) atoms. The first-order chi connectivity index (χ1) is 12.0. The van der Waals surface area contributed by atoms with Crippen molar-refractivity contribution >= 4 is 30.4 Å². The van der Waals surface area contributed by atoms with E-state index in [1.165, 1.54) is 11.3 Å². The summed E-state index contributed by atoms with van der Waals surface area (Å²) in [5.74, 6) is -0.896. The molecule has 6 nitrogen and oxygen atoms in total. The Hall–Kier alpha value is -1.24. The summed E-state index contributed by atoms with van der Waals surface area (Å²) >= 11 is 4.60. The third-order valence-corrected chi connectivity index (χ3v) is 6.63. The van der Waals surface area contributed by atoms with Gasteiger partial charge >= 0.3 is 5.97 Å². The van der Waals surface area contributed by atoms with Crippen molar-refractivity contribution in [3.63, 3.8) is 0 Å². The molecule has 2 amide bonds. The zero-order valence-corrected chi connectivity index (χ0v) is 15.5. The van der Waals surface area contributed by atoms with E-state index in [4.69, 9.17) is 0 Å². The fourth-order valence-corrected chi connectivity index (χ4v) is 5.03. The minimum atomic E-state index is -0.948. The van der Waals surface area contributed by atoms with Gasteiger partial charge in [0, 0.05) is 13.1 Å². The molecule has 7 heteroatoms. The van der Waals surface area contributed by atoms with Gasteiger partial charge < -0.3 is 14.9 Å². The minimum Gasteiger partial charge on any atom is -0.480 e. The van der Waals surface area contributed by atoms with E-state index >= 15 is 0 Å². The predicted molar refractivity (Wildman–Crippen MR) is 96.5 cm³/mol. The van der Waals surface area contributed by atoms with Crippen LogP contribution < -0.4 is 0 Å². The van der Waals surface area contributed by atoms with Crippen molar-refractivity contribution in [1.29, 1.82) is 0 Å². The Bertz CT molecular complexity index is 535. The summed E-state index contributed by atoms with van der Waals surface area (Å²) < 4.78 is 0. The van der Waals surface area contributed by atoms with E-state index in [0.29, 0.717) is 38.3 Å². The molecule has 0 aromatic rings. The maximum absolute atomic E-state index is 13.0. The van der Waals surface area contributed by atoms with E-state index in [0.717, 1.165) is 32.1 Å². The van der Waals surface area contributed by atoms with Gasteiger partial charge in [0.2, 0.25) is 11.8 Å². The average Bonchev–Trinajstić information content (AvgIpc) is 3.30. The quantitative estimate of drug-likeness (QED) is 0.744. The highest BCUT2D eigenvalue weighted by atomic mass is 32.1. The summed E-state index contributed by atoms with van der Waals surface area (Å²) in [4.78, 5) is 40.4. The van der Waals surface area contributed by atoms with Gasteiger partial charge in [-0.15, -0.1) is 0 Å². The third-order valence-electron chi connectivity index (χ3n) is 5.99. The molecule has 3 aliphatic rings. The van der Waals surface area contributed by atoms with E-state index in [-0.39, 0.29) is 17.1 Å². The normalized spacial score (nSPS) is 29.0. The third kappa shape index (κ3) is 3.81. The maximum atomic E-state index is 13.0. The number of thiol groups is 1. The van der Waals surface area contributed by atoms with Crippen LogP contribution in [0, 0.1) is 5.92 Å². The van der Waals surface area contributed by atoms with Crippen LogP contribution in [0.4, 0.5) is 0 Å². The number of aliphatic carboxylic acids is 1. The van der Waals surface area contributed by atoms with Gasteiger partial charge in [-0.3, -0.25) is 9.59 Å². The molecule has 2 aliphatic heterocycles. The van der Waals surface area contributed by atoms with Crippen LogP contribution in [0.25, 0.3) is 0 Å². The number of carbonyl (C=O) groups excluding carboxylic acids is 2. The Morgan fingerprint density at radius 2 is 1.44 bits per heavy atom. The van der Waals surface area contributed by atoms with Crippen LogP contribution in [0.15, 0.2) is 0 Å². The molecule has 3 rings (SSSR count). The standard InChI is InChI=1S/C18H28N2O4S/c21-16(20-11-5-9-14(20)18(23)24)13-8-4-10-19(13)17(22)15(25)12-6-2-1-3-7-12/h12-15,25H,1-11H2,(H,23,24)/t13-,14-,15-/m0/s1. The van der Waals surface area contributed by atoms with Crippen LogP contribution in [0.5, 0.6) is 0 Å². The molecule has 0 unspecified atom stereocenters. The number of rotatable bonds is 4. The van der Waals surface area contributed by atoms with E-state index in [1.54, 1.807) is 4.90 Å². The monoisotopic (exact) mass is 368 g/mol. The van der Waals surface area contributed by atoms with Crippen molar-refractivity contribution in [3.05, 3.63) is 0 Å². The van der Waals surface area contributed by atoms with Crippen molar-refractivity contribution in [3.8, 4) is 0 Å². The van der Waals surface area contributed by atoms with Gasteiger partial charge in [-0.2, -0.15) is 12.6 Å². The maximum Gasteiger partial charge on any atom is 0.326 e. The number of hydrogen-bond acceptors (Lipinski definition) is 4. The van der Waals surface area contributed by atoms with Crippen molar-refractivity contribution in [2.75, 3.05) is 13.1 Å². The average molecular weight is 368 g/mol. The van der Waals surface area contributed by atoms with E-state index < -0.39 is 18.1 Å². The zero-order chi connectivity index (χ0) is 18.0. The molecule has 1 aliphatic carbocycles. The number of carbonyl (C=O) groups is 3. The van der Waals surface area contributed by atoms with Gasteiger partial charge in [0.05, 0.1) is 5.25 Å². The number of carboxylic acid groups (broad SMARTS) is 1. The first-order valence-electron chi connectivity index (χ1n) is 9.52. The Balaban J connectivity index is 1.68. The number of carboxylic acids is 1. The molecule has 1 N–H and O–H groups in total. The molecule has 140 valence electrons. The molecule has 0 aromatic heterocycles. The van der Waals surface area contributed by atoms with Gasteiger partial charge in [-0.1, -0.05) is 19.3 Å². The van der Waals surface area contributed by atoms with Gasteiger partial charge in [-0.25, -0.2) is 4.79 Å². The first-order valence-corrected chi connectivity index (χ1v) is 10.0. The molecule has 0 aromatic carbocycles. The number of hydrogen-bond donors (Lipinski definition) is 2. The largest absolute Gasteiger partial charge is 0.480 e. The lowest BCUT2D eigenvalue weighted by Gasteiger charge is -2.33. The summed E-state index contributed by atoms with van der Waals surface area (Å²) in [6.45, 7) is 1.05. The van der Waals surface area contributed by atoms with E-state index in [2.05, 4.69) is 12.6 Å². The van der Waals surface area contributed by atoms with Crippen LogP contribution in [-0.4, -0.2) is 63.1 Å². The summed E-state index contributed by atoms with van der Waals surface area (Å²) in [6, 6.07) is -1.25. The lowest BCUT2D eigenvalue weighted by atomic mass is 9.86. The van der Waals surface area contributed by atoms with Crippen LogP contribution in [0.2, 0.25) is 0 Å². The smallest absolute Gasteiger partial charge is 0.326 e. The second-order valence-corrected chi connectivity index (χ2v) is 8.12. The molecule has 2 saturated heterocycles. The SMILES string of the molecule is O=C(O)[C@@H]1CCCN1C(=O)[C@@H]1CCCN1C(=O)[C@@H](S)C1CCCCC1. The Kier molecular flexibility index (Phi) is 5.92. The number of amides is 2. The Morgan fingerprint density at radius 1 is 0.840 bits per heavy atom. The van der Waals surface area contributed by atoms with Crippen LogP contribution in [0.3, 0.4) is 0 Å². The Labute approximate surface area is 154 Å². The predicted octanol–water partition coefficient (Wildman–Crippen LogP) is 1.93. The molecule has 2 heterocycles. The fourth-order valence-electron chi connectivity index (χ4n) is 4.59. The zero-order valence-electron chi connectivity index (χ0n) is 14.6. The van der Waals surface area contributed by atoms with Crippen molar-refractivity contribution in [2.45, 2.75) is 75.1 Å². The Morgan fingerprint density at radius 3 is 2.08 bits per heavy atom. The fraction of sp³-hybridized carbons (Fsp3) is 0.833. The molecular formula is C18H28N2O4S. The number of nitrogens with zero attached hydrogens (tertiary/aromatic N) is 2. The highest BCUT2D eigenvalue weighted by Gasteiger charge is 2.43. The van der Waals surface area contributed by atoms with Gasteiger partial charge in [-0.05, 0) is 44.4 Å². The summed E-state index contributed by atoms with van der Waals surface area (Å²) in [5, 5.41) is 8.98. The van der Waals surface area contributed by atoms with Gasteiger partial charge in [0.1, 0.15) is 12.1 Å². The van der Waals surface area contributed by atoms with Crippen molar-refractivity contribution in [1.82, 2.24) is 9.80 Å². The molecule has 0 spiro atoms. The minimum absolute atomic E-state index is 0.0443. The van der Waals surface area contributed by atoms with Crippen molar-refractivity contribution < 1.29 is 19.5 Å². The van der Waals surface area contributed by atoms with E-state index in [1.807, 2.05) is 0 Å². The molecule has 3 fully saturated rings. The van der Waals surface area contributed by atoms with Gasteiger partial charge in [0.25, 0.3) is 0 Å². The highest BCUT2D eigenvalue weighted by Crippen LogP contribution is 2.32. The molecule has 0 bridgehead atoms. The van der Waals surface area contributed by atoms with Crippen LogP contribution in [0.1, 0.15) is 57.8 Å². The summed E-state index contributed by atoms with van der Waals surface area (Å²) in [6.07, 6.45) is 8.19. The topological polar surface area (TPSA) is 77.9 Å². The summed E-state index contributed by atoms with van der Waals surface area (Å²) in [7, 11) is 0. The highest BCUT2D eigenvalue weighted by molar-refractivity contribution is 7.81. The van der Waals surface area contributed by atoms with E-state index in [9.17, 15) is 19.5 Å².